The van der Waals surface area contributed by atoms with Crippen LogP contribution in [0.1, 0.15) is 27.5 Å². The largest absolute Gasteiger partial charge is 0.467 e. The fraction of sp³-hybridized carbons (Fsp3) is 0.176. The molecule has 1 aliphatic rings. The number of hydrogen-bond donors (Lipinski definition) is 1. The molecule has 1 aliphatic heterocycles. The van der Waals surface area contributed by atoms with Crippen LogP contribution < -0.4 is 10.1 Å². The Hall–Kier alpha value is -2.98. The van der Waals surface area contributed by atoms with Gasteiger partial charge in [0.2, 0.25) is 0 Å². The highest BCUT2D eigenvalue weighted by atomic mass is 19.1. The van der Waals surface area contributed by atoms with Gasteiger partial charge in [-0.3, -0.25) is 4.79 Å². The molecule has 0 aromatic heterocycles. The SMILES string of the molecule is N#C[C@H](NC(=O)c1ccc2c(c1)COCO2)c1ccc(F)cc1F. The van der Waals surface area contributed by atoms with Gasteiger partial charge in [-0.15, -0.1) is 0 Å². The fourth-order valence-electron chi connectivity index (χ4n) is 2.36. The average molecular weight is 330 g/mol. The Morgan fingerprint density at radius 3 is 2.83 bits per heavy atom. The van der Waals surface area contributed by atoms with E-state index in [0.29, 0.717) is 24.0 Å². The summed E-state index contributed by atoms with van der Waals surface area (Å²) in [7, 11) is 0. The number of nitriles is 1. The van der Waals surface area contributed by atoms with Gasteiger partial charge in [0.05, 0.1) is 12.7 Å². The Labute approximate surface area is 136 Å². The van der Waals surface area contributed by atoms with E-state index in [1.54, 1.807) is 18.2 Å². The van der Waals surface area contributed by atoms with E-state index < -0.39 is 23.6 Å². The van der Waals surface area contributed by atoms with E-state index in [-0.39, 0.29) is 17.9 Å². The highest BCUT2D eigenvalue weighted by molar-refractivity contribution is 5.95. The highest BCUT2D eigenvalue weighted by Crippen LogP contribution is 2.25. The molecule has 0 aliphatic carbocycles. The first kappa shape index (κ1) is 15.9. The summed E-state index contributed by atoms with van der Waals surface area (Å²) >= 11 is 0. The van der Waals surface area contributed by atoms with Crippen LogP contribution in [-0.4, -0.2) is 12.7 Å². The summed E-state index contributed by atoms with van der Waals surface area (Å²) in [6.45, 7) is 0.462. The highest BCUT2D eigenvalue weighted by Gasteiger charge is 2.20. The average Bonchev–Trinajstić information content (AvgIpc) is 2.59. The lowest BCUT2D eigenvalue weighted by Crippen LogP contribution is -2.28. The molecule has 0 saturated carbocycles. The molecule has 5 nitrogen and oxygen atoms in total. The molecule has 1 atom stereocenters. The van der Waals surface area contributed by atoms with Gasteiger partial charge >= 0.3 is 0 Å². The standard InChI is InChI=1S/C17H12F2N2O3/c18-12-2-3-13(14(19)6-12)15(7-20)21-17(22)10-1-4-16-11(5-10)8-23-9-24-16/h1-6,15H,8-9H2,(H,21,22)/t15-/m0/s1. The number of benzene rings is 2. The third-order valence-electron chi connectivity index (χ3n) is 3.56. The van der Waals surface area contributed by atoms with Gasteiger partial charge in [-0.1, -0.05) is 6.07 Å². The maximum Gasteiger partial charge on any atom is 0.252 e. The summed E-state index contributed by atoms with van der Waals surface area (Å²) in [6.07, 6.45) is 0. The van der Waals surface area contributed by atoms with Crippen molar-refractivity contribution in [3.63, 3.8) is 0 Å². The number of amides is 1. The molecule has 1 N–H and O–H groups in total. The molecule has 2 aromatic rings. The van der Waals surface area contributed by atoms with E-state index in [4.69, 9.17) is 9.47 Å². The topological polar surface area (TPSA) is 71.4 Å². The van der Waals surface area contributed by atoms with Crippen molar-refractivity contribution < 1.29 is 23.0 Å². The number of hydrogen-bond acceptors (Lipinski definition) is 4. The molecule has 1 amide bonds. The first-order valence-electron chi connectivity index (χ1n) is 7.07. The second kappa shape index (κ2) is 6.64. The number of rotatable bonds is 3. The van der Waals surface area contributed by atoms with Gasteiger partial charge in [0.15, 0.2) is 6.79 Å². The smallest absolute Gasteiger partial charge is 0.252 e. The quantitative estimate of drug-likeness (QED) is 0.939. The van der Waals surface area contributed by atoms with E-state index in [0.717, 1.165) is 12.1 Å². The molecule has 2 aromatic carbocycles. The van der Waals surface area contributed by atoms with Gasteiger partial charge in [-0.05, 0) is 24.3 Å². The monoisotopic (exact) mass is 330 g/mol. The number of ether oxygens (including phenoxy) is 2. The molecule has 0 fully saturated rings. The van der Waals surface area contributed by atoms with Crippen molar-refractivity contribution in [3.8, 4) is 11.8 Å². The molecule has 0 spiro atoms. The van der Waals surface area contributed by atoms with Gasteiger partial charge in [-0.25, -0.2) is 8.78 Å². The predicted octanol–water partition coefficient (Wildman–Crippen LogP) is 2.83. The van der Waals surface area contributed by atoms with Crippen LogP contribution in [0.5, 0.6) is 5.75 Å². The number of carbonyl (C=O) groups is 1. The lowest BCUT2D eigenvalue weighted by Gasteiger charge is -2.18. The van der Waals surface area contributed by atoms with Crippen molar-refractivity contribution in [2.45, 2.75) is 12.6 Å². The minimum atomic E-state index is -1.23. The number of carbonyl (C=O) groups excluding carboxylic acids is 1. The van der Waals surface area contributed by atoms with Crippen molar-refractivity contribution in [1.82, 2.24) is 5.32 Å². The Morgan fingerprint density at radius 1 is 1.25 bits per heavy atom. The summed E-state index contributed by atoms with van der Waals surface area (Å²) < 4.78 is 37.2. The molecular formula is C17H12F2N2O3. The lowest BCUT2D eigenvalue weighted by atomic mass is 10.1. The predicted molar refractivity (Wildman–Crippen MR) is 78.9 cm³/mol. The molecule has 1 heterocycles. The minimum Gasteiger partial charge on any atom is -0.467 e. The van der Waals surface area contributed by atoms with Crippen LogP contribution in [0.15, 0.2) is 36.4 Å². The third-order valence-corrected chi connectivity index (χ3v) is 3.56. The molecule has 0 radical (unpaired) electrons. The molecule has 122 valence electrons. The zero-order chi connectivity index (χ0) is 17.1. The molecule has 0 unspecified atom stereocenters. The van der Waals surface area contributed by atoms with Gasteiger partial charge in [0, 0.05) is 22.8 Å². The van der Waals surface area contributed by atoms with Crippen LogP contribution in [0.4, 0.5) is 8.78 Å². The summed E-state index contributed by atoms with van der Waals surface area (Å²) in [5.74, 6) is -1.58. The van der Waals surface area contributed by atoms with Crippen molar-refractivity contribution in [2.75, 3.05) is 6.79 Å². The maximum absolute atomic E-state index is 13.8. The summed E-state index contributed by atoms with van der Waals surface area (Å²) in [4.78, 5) is 12.3. The molecule has 7 heteroatoms. The lowest BCUT2D eigenvalue weighted by molar-refractivity contribution is -0.0163. The van der Waals surface area contributed by atoms with Crippen molar-refractivity contribution in [2.24, 2.45) is 0 Å². The van der Waals surface area contributed by atoms with Crippen LogP contribution in [0.25, 0.3) is 0 Å². The Bertz CT molecular complexity index is 833. The Balaban J connectivity index is 1.81. The number of halogens is 2. The van der Waals surface area contributed by atoms with E-state index in [2.05, 4.69) is 5.32 Å². The molecule has 3 rings (SSSR count). The summed E-state index contributed by atoms with van der Waals surface area (Å²) in [5, 5.41) is 11.6. The normalized spacial score (nSPS) is 14.0. The third kappa shape index (κ3) is 3.19. The van der Waals surface area contributed by atoms with Crippen LogP contribution in [0.2, 0.25) is 0 Å². The Morgan fingerprint density at radius 2 is 2.08 bits per heavy atom. The van der Waals surface area contributed by atoms with Crippen LogP contribution in [-0.2, 0) is 11.3 Å². The molecule has 0 saturated heterocycles. The van der Waals surface area contributed by atoms with Gasteiger partial charge in [0.1, 0.15) is 23.4 Å². The Kier molecular flexibility index (Phi) is 4.40. The fourth-order valence-corrected chi connectivity index (χ4v) is 2.36. The van der Waals surface area contributed by atoms with Crippen LogP contribution in [0.3, 0.4) is 0 Å². The summed E-state index contributed by atoms with van der Waals surface area (Å²) in [5.41, 5.74) is 0.887. The first-order valence-corrected chi connectivity index (χ1v) is 7.07. The number of nitrogens with one attached hydrogen (secondary N) is 1. The molecular weight excluding hydrogens is 318 g/mol. The maximum atomic E-state index is 13.8. The molecule has 0 bridgehead atoms. The van der Waals surface area contributed by atoms with Crippen molar-refractivity contribution in [1.29, 1.82) is 5.26 Å². The van der Waals surface area contributed by atoms with E-state index in [1.807, 2.05) is 0 Å². The van der Waals surface area contributed by atoms with Crippen LogP contribution >= 0.6 is 0 Å². The van der Waals surface area contributed by atoms with Gasteiger partial charge < -0.3 is 14.8 Å². The minimum absolute atomic E-state index is 0.100. The second-order valence-corrected chi connectivity index (χ2v) is 5.13. The van der Waals surface area contributed by atoms with E-state index in [9.17, 15) is 18.8 Å². The molecule has 24 heavy (non-hydrogen) atoms. The van der Waals surface area contributed by atoms with Crippen molar-refractivity contribution >= 4 is 5.91 Å². The van der Waals surface area contributed by atoms with E-state index in [1.165, 1.54) is 6.07 Å². The number of fused-ring (bicyclic) bond motifs is 1. The second-order valence-electron chi connectivity index (χ2n) is 5.13. The van der Waals surface area contributed by atoms with Gasteiger partial charge in [-0.2, -0.15) is 5.26 Å². The zero-order valence-electron chi connectivity index (χ0n) is 12.4. The van der Waals surface area contributed by atoms with Crippen LogP contribution in [0, 0.1) is 23.0 Å². The zero-order valence-corrected chi connectivity index (χ0v) is 12.4. The van der Waals surface area contributed by atoms with E-state index >= 15 is 0 Å². The first-order chi connectivity index (χ1) is 11.6. The summed E-state index contributed by atoms with van der Waals surface area (Å²) in [6, 6.07) is 8.14. The number of nitrogens with zero attached hydrogens (tertiary/aromatic N) is 1. The van der Waals surface area contributed by atoms with Gasteiger partial charge in [0.25, 0.3) is 5.91 Å². The van der Waals surface area contributed by atoms with Crippen molar-refractivity contribution in [3.05, 3.63) is 64.7 Å².